The normalized spacial score (nSPS) is 21.6. The van der Waals surface area contributed by atoms with Gasteiger partial charge in [-0.2, -0.15) is 0 Å². The highest BCUT2D eigenvalue weighted by Crippen LogP contribution is 2.31. The van der Waals surface area contributed by atoms with Crippen molar-refractivity contribution in [2.75, 3.05) is 13.2 Å². The van der Waals surface area contributed by atoms with E-state index in [0.717, 1.165) is 22.3 Å². The molecule has 0 unspecified atom stereocenters. The summed E-state index contributed by atoms with van der Waals surface area (Å²) in [6, 6.07) is 39.9. The Hall–Kier alpha value is -4.01. The molecule has 0 radical (unpaired) electrons. The molecule has 222 valence electrons. The fourth-order valence-electron chi connectivity index (χ4n) is 5.15. The van der Waals surface area contributed by atoms with E-state index < -0.39 is 30.5 Å². The maximum atomic E-state index is 9.19. The van der Waals surface area contributed by atoms with E-state index in [1.165, 1.54) is 0 Å². The van der Waals surface area contributed by atoms with E-state index in [1.54, 1.807) is 0 Å². The predicted molar refractivity (Wildman–Crippen MR) is 164 cm³/mol. The van der Waals surface area contributed by atoms with Crippen LogP contribution in [0.1, 0.15) is 22.3 Å². The monoisotopic (exact) mass is 579 g/mol. The van der Waals surface area contributed by atoms with Crippen LogP contribution in [0.15, 0.2) is 126 Å². The zero-order chi connectivity index (χ0) is 29.5. The lowest BCUT2D eigenvalue weighted by Gasteiger charge is -2.46. The number of benzene rings is 4. The second-order valence-corrected chi connectivity index (χ2v) is 10.4. The Kier molecular flexibility index (Phi) is 11.7. The standard InChI is InChI=1S/C35H37N3O5/c36-38-37-21-31-33(40-23-28-15-7-2-8-16-28)35(42-25-30-19-11-4-12-20-30)34(41-24-29-17-9-3-10-18-29)32(43-31)26-39-22-27-13-5-1-6-14-27/h1-20,31-35H,21-26H2/t31-,32+,33-,34+,35+/m0/s1. The molecule has 5 atom stereocenters. The highest BCUT2D eigenvalue weighted by molar-refractivity contribution is 5.16. The maximum absolute atomic E-state index is 9.19. The van der Waals surface area contributed by atoms with E-state index in [-0.39, 0.29) is 13.2 Å². The van der Waals surface area contributed by atoms with E-state index in [0.29, 0.717) is 26.4 Å². The van der Waals surface area contributed by atoms with Gasteiger partial charge in [-0.25, -0.2) is 0 Å². The summed E-state index contributed by atoms with van der Waals surface area (Å²) in [6.07, 6.45) is -2.69. The topological polar surface area (TPSA) is 94.9 Å². The molecule has 0 N–H and O–H groups in total. The van der Waals surface area contributed by atoms with Crippen molar-refractivity contribution in [2.45, 2.75) is 56.9 Å². The smallest absolute Gasteiger partial charge is 0.115 e. The number of rotatable bonds is 15. The zero-order valence-corrected chi connectivity index (χ0v) is 24.1. The molecular weight excluding hydrogens is 542 g/mol. The van der Waals surface area contributed by atoms with Crippen LogP contribution in [-0.2, 0) is 50.1 Å². The SMILES string of the molecule is [N-]=[N+]=NC[C@@H]1O[C@H](COCc2ccccc2)[C@@H](OCc2ccccc2)[C@H](OCc2ccccc2)[C@H]1OCc1ccccc1. The van der Waals surface area contributed by atoms with Crippen molar-refractivity contribution < 1.29 is 23.7 Å². The van der Waals surface area contributed by atoms with Crippen LogP contribution in [0.4, 0.5) is 0 Å². The van der Waals surface area contributed by atoms with Crippen LogP contribution in [0.2, 0.25) is 0 Å². The fourth-order valence-corrected chi connectivity index (χ4v) is 5.15. The molecule has 1 aliphatic heterocycles. The molecule has 4 aromatic rings. The third kappa shape index (κ3) is 9.24. The van der Waals surface area contributed by atoms with Gasteiger partial charge in [0.2, 0.25) is 0 Å². The molecule has 1 heterocycles. The largest absolute Gasteiger partial charge is 0.374 e. The first kappa shape index (κ1) is 30.4. The average molecular weight is 580 g/mol. The summed E-state index contributed by atoms with van der Waals surface area (Å²) in [4.78, 5) is 3.01. The molecule has 0 spiro atoms. The van der Waals surface area contributed by atoms with Gasteiger partial charge in [-0.05, 0) is 27.8 Å². The maximum Gasteiger partial charge on any atom is 0.115 e. The second-order valence-electron chi connectivity index (χ2n) is 10.4. The van der Waals surface area contributed by atoms with Crippen LogP contribution >= 0.6 is 0 Å². The molecule has 0 saturated carbocycles. The van der Waals surface area contributed by atoms with Crippen molar-refractivity contribution in [1.29, 1.82) is 0 Å². The fraction of sp³-hybridized carbons (Fsp3) is 0.314. The lowest BCUT2D eigenvalue weighted by molar-refractivity contribution is -0.270. The number of nitrogens with zero attached hydrogens (tertiary/aromatic N) is 3. The molecule has 5 rings (SSSR count). The molecule has 1 saturated heterocycles. The Morgan fingerprint density at radius 3 is 1.37 bits per heavy atom. The minimum absolute atomic E-state index is 0.0851. The van der Waals surface area contributed by atoms with Gasteiger partial charge >= 0.3 is 0 Å². The highest BCUT2D eigenvalue weighted by Gasteiger charge is 2.48. The Morgan fingerprint density at radius 2 is 0.930 bits per heavy atom. The summed E-state index contributed by atoms with van der Waals surface area (Å²) in [5.74, 6) is 0. The summed E-state index contributed by atoms with van der Waals surface area (Å²) in [5, 5.41) is 3.87. The van der Waals surface area contributed by atoms with E-state index in [4.69, 9.17) is 23.7 Å². The van der Waals surface area contributed by atoms with Crippen LogP contribution in [0.25, 0.3) is 10.4 Å². The van der Waals surface area contributed by atoms with Crippen molar-refractivity contribution in [3.05, 3.63) is 154 Å². The number of ether oxygens (including phenoxy) is 5. The summed E-state index contributed by atoms with van der Waals surface area (Å²) >= 11 is 0. The molecule has 0 amide bonds. The van der Waals surface area contributed by atoms with Gasteiger partial charge in [-0.1, -0.05) is 126 Å². The van der Waals surface area contributed by atoms with Crippen LogP contribution in [-0.4, -0.2) is 43.7 Å². The van der Waals surface area contributed by atoms with Gasteiger partial charge in [0.1, 0.15) is 24.4 Å². The van der Waals surface area contributed by atoms with Crippen LogP contribution < -0.4 is 0 Å². The molecule has 0 aliphatic carbocycles. The van der Waals surface area contributed by atoms with E-state index in [9.17, 15) is 5.53 Å². The Bertz CT molecular complexity index is 1390. The quantitative estimate of drug-likeness (QED) is 0.0856. The first-order valence-corrected chi connectivity index (χ1v) is 14.5. The molecule has 8 nitrogen and oxygen atoms in total. The van der Waals surface area contributed by atoms with Crippen LogP contribution in [0.3, 0.4) is 0 Å². The number of azide groups is 1. The minimum atomic E-state index is -0.569. The molecule has 0 bridgehead atoms. The van der Waals surface area contributed by atoms with Crippen molar-refractivity contribution in [2.24, 2.45) is 5.11 Å². The van der Waals surface area contributed by atoms with Crippen molar-refractivity contribution in [3.63, 3.8) is 0 Å². The van der Waals surface area contributed by atoms with Crippen molar-refractivity contribution in [1.82, 2.24) is 0 Å². The lowest BCUT2D eigenvalue weighted by Crippen LogP contribution is -2.61. The summed E-state index contributed by atoms with van der Waals surface area (Å²) in [7, 11) is 0. The summed E-state index contributed by atoms with van der Waals surface area (Å²) in [5.41, 5.74) is 13.3. The molecule has 1 aliphatic rings. The lowest BCUT2D eigenvalue weighted by atomic mass is 9.94. The number of hydrogen-bond donors (Lipinski definition) is 0. The minimum Gasteiger partial charge on any atom is -0.374 e. The first-order valence-electron chi connectivity index (χ1n) is 14.5. The number of hydrogen-bond acceptors (Lipinski definition) is 6. The Labute approximate surface area is 252 Å². The molecular formula is C35H37N3O5. The van der Waals surface area contributed by atoms with Gasteiger partial charge in [0.25, 0.3) is 0 Å². The Morgan fingerprint density at radius 1 is 0.535 bits per heavy atom. The molecule has 1 fully saturated rings. The summed E-state index contributed by atoms with van der Waals surface area (Å²) < 4.78 is 32.5. The van der Waals surface area contributed by atoms with Gasteiger partial charge in [-0.15, -0.1) is 0 Å². The molecule has 0 aromatic heterocycles. The third-order valence-electron chi connectivity index (χ3n) is 7.30. The van der Waals surface area contributed by atoms with E-state index in [1.807, 2.05) is 121 Å². The van der Waals surface area contributed by atoms with Gasteiger partial charge in [0.05, 0.1) is 45.7 Å². The van der Waals surface area contributed by atoms with Gasteiger partial charge in [0.15, 0.2) is 0 Å². The molecule has 8 heteroatoms. The predicted octanol–water partition coefficient (Wildman–Crippen LogP) is 7.04. The first-order chi connectivity index (χ1) is 21.3. The second kappa shape index (κ2) is 16.6. The third-order valence-corrected chi connectivity index (χ3v) is 7.30. The van der Waals surface area contributed by atoms with E-state index >= 15 is 0 Å². The summed E-state index contributed by atoms with van der Waals surface area (Å²) in [6.45, 7) is 1.83. The van der Waals surface area contributed by atoms with E-state index in [2.05, 4.69) is 10.0 Å². The average Bonchev–Trinajstić information content (AvgIpc) is 3.07. The zero-order valence-electron chi connectivity index (χ0n) is 24.1. The molecule has 43 heavy (non-hydrogen) atoms. The molecule has 4 aromatic carbocycles. The van der Waals surface area contributed by atoms with Crippen LogP contribution in [0, 0.1) is 0 Å². The van der Waals surface area contributed by atoms with Crippen molar-refractivity contribution >= 4 is 0 Å². The van der Waals surface area contributed by atoms with Gasteiger partial charge in [0, 0.05) is 4.91 Å². The van der Waals surface area contributed by atoms with Gasteiger partial charge in [-0.3, -0.25) is 0 Å². The van der Waals surface area contributed by atoms with Crippen LogP contribution in [0.5, 0.6) is 0 Å². The highest BCUT2D eigenvalue weighted by atomic mass is 16.6. The Balaban J connectivity index is 1.42. The van der Waals surface area contributed by atoms with Gasteiger partial charge < -0.3 is 23.7 Å². The van der Waals surface area contributed by atoms with Crippen molar-refractivity contribution in [3.8, 4) is 0 Å².